The summed E-state index contributed by atoms with van der Waals surface area (Å²) in [6.07, 6.45) is -0.222. The maximum Gasteiger partial charge on any atom is 0.320 e. The number of nitrogens with two attached hydrogens (primary N) is 1. The van der Waals surface area contributed by atoms with Crippen molar-refractivity contribution < 1.29 is 33.8 Å². The molecule has 0 saturated heterocycles. The van der Waals surface area contributed by atoms with Crippen LogP contribution in [0, 0.1) is 0 Å². The van der Waals surface area contributed by atoms with Crippen LogP contribution in [0.5, 0.6) is 0 Å². The topological polar surface area (TPSA) is 130 Å². The molecular formula is C19H31ClN2O6. The Morgan fingerprint density at radius 3 is 2.11 bits per heavy atom. The molecule has 1 rings (SSSR count). The van der Waals surface area contributed by atoms with Gasteiger partial charge in [0.05, 0.1) is 21.1 Å². The average Bonchev–Trinajstić information content (AvgIpc) is 2.53. The van der Waals surface area contributed by atoms with Crippen molar-refractivity contribution in [2.75, 3.05) is 27.7 Å². The predicted octanol–water partition coefficient (Wildman–Crippen LogP) is 0.217. The molecule has 0 spiro atoms. The first-order valence-electron chi connectivity index (χ1n) is 8.66. The number of nitrogens with zero attached hydrogens (tertiary/aromatic N) is 1. The van der Waals surface area contributed by atoms with E-state index >= 15 is 0 Å². The molecule has 28 heavy (non-hydrogen) atoms. The van der Waals surface area contributed by atoms with Crippen LogP contribution in [0.1, 0.15) is 25.3 Å². The summed E-state index contributed by atoms with van der Waals surface area (Å²) in [5.74, 6) is -2.54. The van der Waals surface area contributed by atoms with Crippen molar-refractivity contribution in [2.45, 2.75) is 38.3 Å². The molecule has 0 aliphatic carbocycles. The van der Waals surface area contributed by atoms with E-state index in [0.717, 1.165) is 5.56 Å². The molecule has 0 aliphatic heterocycles. The van der Waals surface area contributed by atoms with Gasteiger partial charge in [-0.15, -0.1) is 12.4 Å². The summed E-state index contributed by atoms with van der Waals surface area (Å²) >= 11 is 0. The Morgan fingerprint density at radius 2 is 1.71 bits per heavy atom. The van der Waals surface area contributed by atoms with Crippen LogP contribution >= 0.6 is 12.4 Å². The minimum absolute atomic E-state index is 0. The van der Waals surface area contributed by atoms with Gasteiger partial charge in [-0.1, -0.05) is 37.3 Å². The standard InChI is InChI=1S/C10H19NO4.C9H11NO2.ClH/c1-5-10(14)15-8(6-9(12)13)7-11(2,3)4;10-8(9(11)12)6-7-4-2-1-3-5-7;/h8H,5-7H2,1-4H3;1-5,8H,6,10H2,(H,11,12);1H. The van der Waals surface area contributed by atoms with Gasteiger partial charge in [-0.25, -0.2) is 0 Å². The van der Waals surface area contributed by atoms with Crippen LogP contribution in [-0.2, 0) is 25.5 Å². The number of carboxylic acids is 2. The molecule has 9 heteroatoms. The summed E-state index contributed by atoms with van der Waals surface area (Å²) in [5, 5.41) is 19.0. The van der Waals surface area contributed by atoms with Crippen LogP contribution in [-0.4, -0.2) is 67.3 Å². The van der Waals surface area contributed by atoms with E-state index in [1.807, 2.05) is 51.5 Å². The van der Waals surface area contributed by atoms with Gasteiger partial charge in [0.15, 0.2) is 6.10 Å². The lowest BCUT2D eigenvalue weighted by Gasteiger charge is -2.29. The van der Waals surface area contributed by atoms with Crippen LogP contribution < -0.4 is 10.8 Å². The van der Waals surface area contributed by atoms with Crippen LogP contribution in [0.2, 0.25) is 0 Å². The first kappa shape index (κ1) is 28.1. The quantitative estimate of drug-likeness (QED) is 0.433. The molecule has 0 amide bonds. The Labute approximate surface area is 172 Å². The highest BCUT2D eigenvalue weighted by Crippen LogP contribution is 2.05. The second kappa shape index (κ2) is 13.9. The Hall–Kier alpha value is -2.16. The van der Waals surface area contributed by atoms with Gasteiger partial charge in [-0.05, 0) is 12.0 Å². The molecule has 2 unspecified atom stereocenters. The molecule has 0 bridgehead atoms. The van der Waals surface area contributed by atoms with Crippen molar-refractivity contribution >= 4 is 30.3 Å². The van der Waals surface area contributed by atoms with E-state index in [2.05, 4.69) is 0 Å². The minimum Gasteiger partial charge on any atom is -0.550 e. The Morgan fingerprint density at radius 1 is 1.18 bits per heavy atom. The van der Waals surface area contributed by atoms with E-state index in [1.165, 1.54) is 0 Å². The zero-order valence-corrected chi connectivity index (χ0v) is 17.6. The molecule has 0 aliphatic rings. The lowest BCUT2D eigenvalue weighted by Crippen LogP contribution is -2.45. The van der Waals surface area contributed by atoms with E-state index in [4.69, 9.17) is 15.6 Å². The number of hydrogen-bond donors (Lipinski definition) is 2. The zero-order valence-electron chi connectivity index (χ0n) is 16.8. The highest BCUT2D eigenvalue weighted by Gasteiger charge is 2.21. The molecular weight excluding hydrogens is 388 g/mol. The van der Waals surface area contributed by atoms with Crippen molar-refractivity contribution in [2.24, 2.45) is 5.73 Å². The van der Waals surface area contributed by atoms with E-state index in [1.54, 1.807) is 6.92 Å². The fourth-order valence-corrected chi connectivity index (χ4v) is 2.16. The van der Waals surface area contributed by atoms with E-state index in [9.17, 15) is 19.5 Å². The van der Waals surface area contributed by atoms with Gasteiger partial charge in [0.1, 0.15) is 12.6 Å². The van der Waals surface area contributed by atoms with E-state index in [0.29, 0.717) is 17.4 Å². The number of benzene rings is 1. The third-order valence-electron chi connectivity index (χ3n) is 3.35. The number of rotatable bonds is 9. The zero-order chi connectivity index (χ0) is 21.0. The van der Waals surface area contributed by atoms with Gasteiger partial charge in [0, 0.05) is 18.8 Å². The number of aliphatic carboxylic acids is 2. The van der Waals surface area contributed by atoms with Crippen molar-refractivity contribution in [3.05, 3.63) is 35.9 Å². The molecule has 1 aromatic rings. The number of carboxylic acid groups (broad SMARTS) is 2. The SMILES string of the molecule is CCC(=O)OC(CC(=O)[O-])C[N+](C)(C)C.Cl.NC(Cc1ccccc1)C(=O)O. The normalized spacial score (nSPS) is 12.5. The molecule has 0 fully saturated rings. The number of likely N-dealkylation sites (N-methyl/N-ethyl adjacent to an activating group) is 1. The molecule has 160 valence electrons. The third kappa shape index (κ3) is 15.0. The summed E-state index contributed by atoms with van der Waals surface area (Å²) in [5.41, 5.74) is 6.30. The number of hydrogen-bond acceptors (Lipinski definition) is 6. The van der Waals surface area contributed by atoms with Crippen molar-refractivity contribution in [1.82, 2.24) is 0 Å². The minimum atomic E-state index is -1.20. The third-order valence-corrected chi connectivity index (χ3v) is 3.35. The number of ether oxygens (including phenoxy) is 1. The molecule has 3 N–H and O–H groups in total. The van der Waals surface area contributed by atoms with Crippen LogP contribution in [0.15, 0.2) is 30.3 Å². The summed E-state index contributed by atoms with van der Waals surface area (Å²) in [6, 6.07) is 8.54. The van der Waals surface area contributed by atoms with Crippen molar-refractivity contribution in [1.29, 1.82) is 0 Å². The van der Waals surface area contributed by atoms with Crippen molar-refractivity contribution in [3.63, 3.8) is 0 Å². The highest BCUT2D eigenvalue weighted by atomic mass is 35.5. The highest BCUT2D eigenvalue weighted by molar-refractivity contribution is 5.85. The largest absolute Gasteiger partial charge is 0.550 e. The first-order chi connectivity index (χ1) is 12.4. The second-order valence-electron chi connectivity index (χ2n) is 7.15. The molecule has 2 atom stereocenters. The number of carbonyl (C=O) groups is 3. The maximum absolute atomic E-state index is 11.0. The van der Waals surface area contributed by atoms with Gasteiger partial charge in [-0.2, -0.15) is 0 Å². The summed E-state index contributed by atoms with van der Waals surface area (Å²) in [7, 11) is 5.71. The summed E-state index contributed by atoms with van der Waals surface area (Å²) in [4.78, 5) is 31.9. The molecule has 0 saturated carbocycles. The number of esters is 1. The van der Waals surface area contributed by atoms with Gasteiger partial charge >= 0.3 is 11.9 Å². The fourth-order valence-electron chi connectivity index (χ4n) is 2.16. The van der Waals surface area contributed by atoms with Gasteiger partial charge in [0.25, 0.3) is 0 Å². The number of carbonyl (C=O) groups excluding carboxylic acids is 2. The molecule has 0 radical (unpaired) electrons. The Kier molecular flexibility index (Phi) is 14.0. The second-order valence-corrected chi connectivity index (χ2v) is 7.15. The van der Waals surface area contributed by atoms with Crippen LogP contribution in [0.4, 0.5) is 0 Å². The molecule has 1 aromatic carbocycles. The Balaban J connectivity index is 0. The van der Waals surface area contributed by atoms with Gasteiger partial charge in [-0.3, -0.25) is 9.59 Å². The fraction of sp³-hybridized carbons (Fsp3) is 0.526. The Bertz CT molecular complexity index is 604. The predicted molar refractivity (Wildman–Crippen MR) is 106 cm³/mol. The van der Waals surface area contributed by atoms with Crippen LogP contribution in [0.3, 0.4) is 0 Å². The smallest absolute Gasteiger partial charge is 0.320 e. The molecule has 8 nitrogen and oxygen atoms in total. The van der Waals surface area contributed by atoms with Crippen LogP contribution in [0.25, 0.3) is 0 Å². The lowest BCUT2D eigenvalue weighted by molar-refractivity contribution is -0.873. The number of halogens is 1. The number of quaternary nitrogens is 1. The maximum atomic E-state index is 11.0. The average molecular weight is 419 g/mol. The monoisotopic (exact) mass is 418 g/mol. The van der Waals surface area contributed by atoms with E-state index < -0.39 is 24.1 Å². The van der Waals surface area contributed by atoms with Crippen molar-refractivity contribution in [3.8, 4) is 0 Å². The van der Waals surface area contributed by atoms with Gasteiger partial charge in [0.2, 0.25) is 0 Å². The summed E-state index contributed by atoms with van der Waals surface area (Å²) < 4.78 is 5.55. The van der Waals surface area contributed by atoms with Gasteiger partial charge < -0.3 is 30.0 Å². The molecule has 0 heterocycles. The first-order valence-corrected chi connectivity index (χ1v) is 8.66. The molecule has 0 aromatic heterocycles. The van der Waals surface area contributed by atoms with E-state index in [-0.39, 0.29) is 31.2 Å². The summed E-state index contributed by atoms with van der Waals surface area (Å²) in [6.45, 7) is 2.13. The lowest BCUT2D eigenvalue weighted by atomic mass is 10.1.